The van der Waals surface area contributed by atoms with Crippen molar-refractivity contribution < 1.29 is 15.2 Å². The van der Waals surface area contributed by atoms with E-state index in [2.05, 4.69) is 0 Å². The van der Waals surface area contributed by atoms with Crippen LogP contribution >= 0.6 is 0 Å². The highest BCUT2D eigenvalue weighted by Crippen LogP contribution is 2.19. The van der Waals surface area contributed by atoms with Crippen LogP contribution in [0.5, 0.6) is 0 Å². The number of aliphatic hydroxyl groups is 1. The molecule has 2 atom stereocenters. The molecule has 0 spiro atoms. The minimum absolute atomic E-state index is 0.238. The lowest BCUT2D eigenvalue weighted by atomic mass is 9.77. The lowest BCUT2D eigenvalue weighted by Crippen LogP contribution is -2.54. The van der Waals surface area contributed by atoms with Gasteiger partial charge in [-0.3, -0.25) is 0 Å². The molecule has 0 aromatic carbocycles. The Hall–Kier alpha value is -0.135. The van der Waals surface area contributed by atoms with Gasteiger partial charge in [-0.25, -0.2) is 0 Å². The van der Waals surface area contributed by atoms with Crippen LogP contribution in [0.25, 0.3) is 0 Å². The Kier molecular flexibility index (Phi) is 4.14. The number of hydrogen-bond donors (Lipinski definition) is 4. The second-order valence-electron chi connectivity index (χ2n) is 4.88. The molecule has 0 radical (unpaired) electrons. The summed E-state index contributed by atoms with van der Waals surface area (Å²) in [7, 11) is -1.32. The first-order valence-electron chi connectivity index (χ1n) is 5.40. The van der Waals surface area contributed by atoms with Crippen molar-refractivity contribution in [2.45, 2.75) is 44.3 Å². The first-order valence-corrected chi connectivity index (χ1v) is 5.40. The third kappa shape index (κ3) is 3.43. The van der Waals surface area contributed by atoms with Crippen molar-refractivity contribution in [3.8, 4) is 0 Å². The zero-order valence-electron chi connectivity index (χ0n) is 9.43. The standard InChI is InChI=1S/C9H21BN2O3/c1-9(2,13)7(11)6-12-5-3-4-8(12)10(14)15/h7-8,13-15H,3-6,11H2,1-2H3/t7-,8+/m1/s1. The first kappa shape index (κ1) is 12.9. The van der Waals surface area contributed by atoms with E-state index in [0.717, 1.165) is 19.4 Å². The van der Waals surface area contributed by atoms with Crippen molar-refractivity contribution in [3.63, 3.8) is 0 Å². The van der Waals surface area contributed by atoms with Crippen LogP contribution in [0.15, 0.2) is 0 Å². The maximum absolute atomic E-state index is 9.69. The van der Waals surface area contributed by atoms with Gasteiger partial charge in [-0.1, -0.05) is 0 Å². The quantitative estimate of drug-likeness (QED) is 0.432. The van der Waals surface area contributed by atoms with Crippen LogP contribution in [-0.2, 0) is 0 Å². The van der Waals surface area contributed by atoms with Gasteiger partial charge in [0.2, 0.25) is 0 Å². The van der Waals surface area contributed by atoms with Crippen molar-refractivity contribution in [2.24, 2.45) is 5.73 Å². The second kappa shape index (κ2) is 4.80. The fourth-order valence-electron chi connectivity index (χ4n) is 1.89. The van der Waals surface area contributed by atoms with Gasteiger partial charge in [0.15, 0.2) is 0 Å². The summed E-state index contributed by atoms with van der Waals surface area (Å²) in [6.45, 7) is 4.63. The van der Waals surface area contributed by atoms with E-state index < -0.39 is 12.7 Å². The minimum atomic E-state index is -1.32. The normalized spacial score (nSPS) is 25.6. The zero-order valence-corrected chi connectivity index (χ0v) is 9.43. The minimum Gasteiger partial charge on any atom is -0.426 e. The highest BCUT2D eigenvalue weighted by Gasteiger charge is 2.36. The van der Waals surface area contributed by atoms with Crippen LogP contribution in [0.1, 0.15) is 26.7 Å². The third-order valence-corrected chi connectivity index (χ3v) is 3.10. The van der Waals surface area contributed by atoms with E-state index in [1.807, 2.05) is 4.90 Å². The Morgan fingerprint density at radius 3 is 2.60 bits per heavy atom. The predicted octanol–water partition coefficient (Wildman–Crippen LogP) is -1.44. The molecule has 6 heteroatoms. The molecule has 1 heterocycles. The summed E-state index contributed by atoms with van der Waals surface area (Å²) in [6.07, 6.45) is 1.72. The van der Waals surface area contributed by atoms with Crippen LogP contribution in [0.2, 0.25) is 0 Å². The van der Waals surface area contributed by atoms with Gasteiger partial charge in [0.05, 0.1) is 5.60 Å². The molecule has 0 bridgehead atoms. The van der Waals surface area contributed by atoms with Crippen molar-refractivity contribution in [3.05, 3.63) is 0 Å². The molecule has 88 valence electrons. The van der Waals surface area contributed by atoms with Gasteiger partial charge in [-0.15, -0.1) is 0 Å². The van der Waals surface area contributed by atoms with Crippen LogP contribution in [-0.4, -0.2) is 57.8 Å². The Morgan fingerprint density at radius 2 is 2.13 bits per heavy atom. The highest BCUT2D eigenvalue weighted by atomic mass is 16.4. The molecule has 1 saturated heterocycles. The molecule has 0 aliphatic carbocycles. The molecule has 1 fully saturated rings. The maximum atomic E-state index is 9.69. The molecule has 1 aliphatic heterocycles. The van der Waals surface area contributed by atoms with E-state index in [9.17, 15) is 5.11 Å². The predicted molar refractivity (Wildman–Crippen MR) is 59.1 cm³/mol. The number of nitrogens with zero attached hydrogens (tertiary/aromatic N) is 1. The van der Waals surface area contributed by atoms with Crippen molar-refractivity contribution in [1.29, 1.82) is 0 Å². The van der Waals surface area contributed by atoms with Crippen molar-refractivity contribution in [2.75, 3.05) is 13.1 Å². The summed E-state index contributed by atoms with van der Waals surface area (Å²) in [6, 6.07) is -0.378. The molecular weight excluding hydrogens is 195 g/mol. The first-order chi connectivity index (χ1) is 6.82. The summed E-state index contributed by atoms with van der Waals surface area (Å²) < 4.78 is 0. The molecule has 5 N–H and O–H groups in total. The van der Waals surface area contributed by atoms with Crippen LogP contribution in [0.4, 0.5) is 0 Å². The lowest BCUT2D eigenvalue weighted by molar-refractivity contribution is 0.0374. The van der Waals surface area contributed by atoms with E-state index in [1.54, 1.807) is 13.8 Å². The molecule has 5 nitrogen and oxygen atoms in total. The fourth-order valence-corrected chi connectivity index (χ4v) is 1.89. The molecule has 0 aromatic rings. The third-order valence-electron chi connectivity index (χ3n) is 3.10. The summed E-state index contributed by atoms with van der Waals surface area (Å²) in [5, 5.41) is 28.0. The van der Waals surface area contributed by atoms with E-state index in [1.165, 1.54) is 0 Å². The van der Waals surface area contributed by atoms with E-state index in [-0.39, 0.29) is 12.0 Å². The van der Waals surface area contributed by atoms with E-state index in [0.29, 0.717) is 6.54 Å². The molecule has 0 amide bonds. The Morgan fingerprint density at radius 1 is 1.53 bits per heavy atom. The average molecular weight is 216 g/mol. The van der Waals surface area contributed by atoms with E-state index in [4.69, 9.17) is 15.8 Å². The summed E-state index contributed by atoms with van der Waals surface area (Å²) in [5.41, 5.74) is 4.90. The second-order valence-corrected chi connectivity index (χ2v) is 4.88. The number of nitrogens with two attached hydrogens (primary N) is 1. The lowest BCUT2D eigenvalue weighted by Gasteiger charge is -2.32. The summed E-state index contributed by atoms with van der Waals surface area (Å²) >= 11 is 0. The van der Waals surface area contributed by atoms with Crippen molar-refractivity contribution >= 4 is 7.12 Å². The Balaban J connectivity index is 2.50. The highest BCUT2D eigenvalue weighted by molar-refractivity contribution is 6.43. The Labute approximate surface area is 91.0 Å². The molecule has 15 heavy (non-hydrogen) atoms. The van der Waals surface area contributed by atoms with Crippen LogP contribution < -0.4 is 5.73 Å². The monoisotopic (exact) mass is 216 g/mol. The zero-order chi connectivity index (χ0) is 11.6. The molecule has 1 aliphatic rings. The summed E-state index contributed by atoms with van der Waals surface area (Å²) in [5.74, 6) is -0.238. The van der Waals surface area contributed by atoms with Crippen molar-refractivity contribution in [1.82, 2.24) is 4.90 Å². The number of hydrogen-bond acceptors (Lipinski definition) is 5. The number of likely N-dealkylation sites (tertiary alicyclic amines) is 1. The van der Waals surface area contributed by atoms with Gasteiger partial charge in [0.25, 0.3) is 0 Å². The van der Waals surface area contributed by atoms with Gasteiger partial charge in [-0.2, -0.15) is 0 Å². The molecular formula is C9H21BN2O3. The average Bonchev–Trinajstić information content (AvgIpc) is 2.50. The maximum Gasteiger partial charge on any atom is 0.469 e. The largest absolute Gasteiger partial charge is 0.469 e. The Bertz CT molecular complexity index is 208. The van der Waals surface area contributed by atoms with Gasteiger partial charge in [-0.05, 0) is 33.2 Å². The molecule has 0 unspecified atom stereocenters. The van der Waals surface area contributed by atoms with Crippen LogP contribution in [0.3, 0.4) is 0 Å². The van der Waals surface area contributed by atoms with Crippen LogP contribution in [0, 0.1) is 0 Å². The molecule has 0 saturated carbocycles. The fraction of sp³-hybridized carbons (Fsp3) is 1.00. The van der Waals surface area contributed by atoms with Gasteiger partial charge in [0.1, 0.15) is 0 Å². The summed E-state index contributed by atoms with van der Waals surface area (Å²) in [4.78, 5) is 1.94. The topological polar surface area (TPSA) is 90.0 Å². The van der Waals surface area contributed by atoms with Gasteiger partial charge < -0.3 is 25.8 Å². The van der Waals surface area contributed by atoms with E-state index >= 15 is 0 Å². The molecule has 0 aromatic heterocycles. The van der Waals surface area contributed by atoms with Gasteiger partial charge >= 0.3 is 7.12 Å². The van der Waals surface area contributed by atoms with Gasteiger partial charge in [0, 0.05) is 18.5 Å². The number of rotatable bonds is 4. The molecule has 1 rings (SSSR count). The smallest absolute Gasteiger partial charge is 0.426 e. The SMILES string of the molecule is CC(C)(O)[C@H](N)CN1CCC[C@H]1B(O)O.